The van der Waals surface area contributed by atoms with Crippen LogP contribution in [0, 0.1) is 0 Å². The first-order valence-corrected chi connectivity index (χ1v) is 10.2. The number of thiazole rings is 1. The van der Waals surface area contributed by atoms with Gasteiger partial charge in [0.2, 0.25) is 0 Å². The SMILES string of the molecule is CC(C)(C)OC(=O)N1CCN(C(=O)NCc2nc(-c3ccccc3)cs2)CC1. The predicted octanol–water partition coefficient (Wildman–Crippen LogP) is 3.57. The molecule has 1 aliphatic rings. The van der Waals surface area contributed by atoms with Crippen LogP contribution in [0.25, 0.3) is 11.3 Å². The molecular weight excluding hydrogens is 376 g/mol. The number of piperazine rings is 1. The van der Waals surface area contributed by atoms with Crippen LogP contribution < -0.4 is 5.32 Å². The lowest BCUT2D eigenvalue weighted by atomic mass is 10.2. The third kappa shape index (κ3) is 5.45. The molecule has 0 spiro atoms. The van der Waals surface area contributed by atoms with Gasteiger partial charge in [0.1, 0.15) is 10.6 Å². The van der Waals surface area contributed by atoms with Crippen molar-refractivity contribution in [3.8, 4) is 11.3 Å². The zero-order valence-corrected chi connectivity index (χ0v) is 17.3. The van der Waals surface area contributed by atoms with Gasteiger partial charge in [-0.1, -0.05) is 30.3 Å². The number of amides is 3. The van der Waals surface area contributed by atoms with Crippen LogP contribution >= 0.6 is 11.3 Å². The van der Waals surface area contributed by atoms with Crippen molar-refractivity contribution in [3.63, 3.8) is 0 Å². The van der Waals surface area contributed by atoms with Gasteiger partial charge in [0.25, 0.3) is 0 Å². The summed E-state index contributed by atoms with van der Waals surface area (Å²) in [6, 6.07) is 9.82. The molecule has 2 heterocycles. The molecule has 1 saturated heterocycles. The van der Waals surface area contributed by atoms with Crippen molar-refractivity contribution in [2.75, 3.05) is 26.2 Å². The van der Waals surface area contributed by atoms with Crippen molar-refractivity contribution < 1.29 is 14.3 Å². The van der Waals surface area contributed by atoms with Crippen LogP contribution in [0.2, 0.25) is 0 Å². The summed E-state index contributed by atoms with van der Waals surface area (Å²) in [5.74, 6) is 0. The van der Waals surface area contributed by atoms with Crippen molar-refractivity contribution >= 4 is 23.5 Å². The maximum atomic E-state index is 12.4. The van der Waals surface area contributed by atoms with Crippen LogP contribution in [0.1, 0.15) is 25.8 Å². The van der Waals surface area contributed by atoms with E-state index in [4.69, 9.17) is 4.74 Å². The molecule has 3 amide bonds. The van der Waals surface area contributed by atoms with E-state index in [0.717, 1.165) is 16.3 Å². The molecule has 150 valence electrons. The number of carbonyl (C=O) groups excluding carboxylic acids is 2. The highest BCUT2D eigenvalue weighted by Gasteiger charge is 2.27. The number of nitrogens with one attached hydrogen (secondary N) is 1. The molecular formula is C20H26N4O3S. The standard InChI is InChI=1S/C20H26N4O3S/c1-20(2,3)27-19(26)24-11-9-23(10-12-24)18(25)21-13-17-22-16(14-28-17)15-7-5-4-6-8-15/h4-8,14H,9-13H2,1-3H3,(H,21,25). The summed E-state index contributed by atoms with van der Waals surface area (Å²) in [6.45, 7) is 7.83. The molecule has 0 aliphatic carbocycles. The molecule has 1 aromatic heterocycles. The summed E-state index contributed by atoms with van der Waals surface area (Å²) < 4.78 is 5.38. The average Bonchev–Trinajstić information content (AvgIpc) is 3.15. The average molecular weight is 403 g/mol. The Morgan fingerprint density at radius 3 is 2.39 bits per heavy atom. The van der Waals surface area contributed by atoms with E-state index in [2.05, 4.69) is 10.3 Å². The molecule has 1 N–H and O–H groups in total. The van der Waals surface area contributed by atoms with Gasteiger partial charge in [-0.25, -0.2) is 14.6 Å². The van der Waals surface area contributed by atoms with Gasteiger partial charge in [0, 0.05) is 37.1 Å². The number of aromatic nitrogens is 1. The Hall–Kier alpha value is -2.61. The largest absolute Gasteiger partial charge is 0.444 e. The van der Waals surface area contributed by atoms with Crippen molar-refractivity contribution in [2.24, 2.45) is 0 Å². The molecule has 28 heavy (non-hydrogen) atoms. The lowest BCUT2D eigenvalue weighted by Crippen LogP contribution is -2.53. The normalized spacial score (nSPS) is 14.7. The van der Waals surface area contributed by atoms with Gasteiger partial charge in [-0.15, -0.1) is 11.3 Å². The van der Waals surface area contributed by atoms with Crippen molar-refractivity contribution in [2.45, 2.75) is 32.9 Å². The number of nitrogens with zero attached hydrogens (tertiary/aromatic N) is 3. The van der Waals surface area contributed by atoms with Gasteiger partial charge in [0.05, 0.1) is 12.2 Å². The number of ether oxygens (including phenoxy) is 1. The van der Waals surface area contributed by atoms with Gasteiger partial charge >= 0.3 is 12.1 Å². The Balaban J connectivity index is 1.45. The van der Waals surface area contributed by atoms with Gasteiger partial charge < -0.3 is 19.9 Å². The molecule has 2 aromatic rings. The third-order valence-corrected chi connectivity index (χ3v) is 5.08. The smallest absolute Gasteiger partial charge is 0.410 e. The zero-order chi connectivity index (χ0) is 20.1. The molecule has 8 heteroatoms. The molecule has 1 aromatic carbocycles. The fourth-order valence-electron chi connectivity index (χ4n) is 2.82. The minimum absolute atomic E-state index is 0.139. The van der Waals surface area contributed by atoms with Crippen LogP contribution in [-0.2, 0) is 11.3 Å². The highest BCUT2D eigenvalue weighted by Crippen LogP contribution is 2.21. The van der Waals surface area contributed by atoms with Crippen molar-refractivity contribution in [3.05, 3.63) is 40.7 Å². The highest BCUT2D eigenvalue weighted by molar-refractivity contribution is 7.09. The molecule has 0 atom stereocenters. The van der Waals surface area contributed by atoms with E-state index in [0.29, 0.717) is 32.7 Å². The fourth-order valence-corrected chi connectivity index (χ4v) is 3.56. The molecule has 0 bridgehead atoms. The van der Waals surface area contributed by atoms with E-state index in [1.54, 1.807) is 9.80 Å². The molecule has 0 saturated carbocycles. The quantitative estimate of drug-likeness (QED) is 0.852. The number of urea groups is 1. The number of hydrogen-bond acceptors (Lipinski definition) is 5. The summed E-state index contributed by atoms with van der Waals surface area (Å²) in [7, 11) is 0. The Labute approximate surface area is 169 Å². The zero-order valence-electron chi connectivity index (χ0n) is 16.5. The monoisotopic (exact) mass is 402 g/mol. The summed E-state index contributed by atoms with van der Waals surface area (Å²) in [5.41, 5.74) is 1.47. The second kappa shape index (κ2) is 8.60. The van der Waals surface area contributed by atoms with E-state index in [1.165, 1.54) is 11.3 Å². The summed E-state index contributed by atoms with van der Waals surface area (Å²) in [5, 5.41) is 5.77. The maximum absolute atomic E-state index is 12.4. The van der Waals surface area contributed by atoms with Crippen LogP contribution in [-0.4, -0.2) is 58.7 Å². The van der Waals surface area contributed by atoms with Crippen LogP contribution in [0.5, 0.6) is 0 Å². The predicted molar refractivity (Wildman–Crippen MR) is 109 cm³/mol. The van der Waals surface area contributed by atoms with E-state index in [-0.39, 0.29) is 12.1 Å². The Kier molecular flexibility index (Phi) is 6.18. The minimum Gasteiger partial charge on any atom is -0.444 e. The van der Waals surface area contributed by atoms with E-state index in [1.807, 2.05) is 56.5 Å². The molecule has 0 unspecified atom stereocenters. The lowest BCUT2D eigenvalue weighted by molar-refractivity contribution is 0.0170. The molecule has 0 radical (unpaired) electrons. The van der Waals surface area contributed by atoms with E-state index >= 15 is 0 Å². The Bertz CT molecular complexity index is 808. The number of benzene rings is 1. The first-order chi connectivity index (χ1) is 13.3. The van der Waals surface area contributed by atoms with Gasteiger partial charge in [0.15, 0.2) is 0 Å². The molecule has 1 fully saturated rings. The maximum Gasteiger partial charge on any atom is 0.410 e. The molecule has 3 rings (SSSR count). The second-order valence-corrected chi connectivity index (χ2v) is 8.55. The van der Waals surface area contributed by atoms with E-state index < -0.39 is 5.60 Å². The number of hydrogen-bond donors (Lipinski definition) is 1. The first-order valence-electron chi connectivity index (χ1n) is 9.32. The first kappa shape index (κ1) is 20.1. The van der Waals surface area contributed by atoms with Crippen molar-refractivity contribution in [1.29, 1.82) is 0 Å². The number of carbonyl (C=O) groups is 2. The lowest BCUT2D eigenvalue weighted by Gasteiger charge is -2.35. The van der Waals surface area contributed by atoms with Crippen LogP contribution in [0.3, 0.4) is 0 Å². The Morgan fingerprint density at radius 2 is 1.75 bits per heavy atom. The Morgan fingerprint density at radius 1 is 1.11 bits per heavy atom. The molecule has 1 aliphatic heterocycles. The number of rotatable bonds is 3. The summed E-state index contributed by atoms with van der Waals surface area (Å²) in [6.07, 6.45) is -0.330. The molecule has 7 nitrogen and oxygen atoms in total. The van der Waals surface area contributed by atoms with E-state index in [9.17, 15) is 9.59 Å². The third-order valence-electron chi connectivity index (χ3n) is 4.23. The fraction of sp³-hybridized carbons (Fsp3) is 0.450. The van der Waals surface area contributed by atoms with Gasteiger partial charge in [-0.05, 0) is 20.8 Å². The van der Waals surface area contributed by atoms with Gasteiger partial charge in [-0.2, -0.15) is 0 Å². The van der Waals surface area contributed by atoms with Crippen molar-refractivity contribution in [1.82, 2.24) is 20.1 Å². The van der Waals surface area contributed by atoms with Crippen LogP contribution in [0.4, 0.5) is 9.59 Å². The minimum atomic E-state index is -0.516. The highest BCUT2D eigenvalue weighted by atomic mass is 32.1. The topological polar surface area (TPSA) is 74.8 Å². The van der Waals surface area contributed by atoms with Crippen LogP contribution in [0.15, 0.2) is 35.7 Å². The second-order valence-electron chi connectivity index (χ2n) is 7.61. The summed E-state index contributed by atoms with van der Waals surface area (Å²) in [4.78, 5) is 32.4. The summed E-state index contributed by atoms with van der Waals surface area (Å²) >= 11 is 1.53. The van der Waals surface area contributed by atoms with Gasteiger partial charge in [-0.3, -0.25) is 0 Å².